The molecule has 2 saturated carbocycles. The number of thioether (sulfide) groups is 1. The van der Waals surface area contributed by atoms with Crippen molar-refractivity contribution >= 4 is 29.7 Å². The van der Waals surface area contributed by atoms with E-state index in [0.29, 0.717) is 16.9 Å². The number of rotatable bonds is 3. The van der Waals surface area contributed by atoms with Crippen LogP contribution in [0.4, 0.5) is 13.2 Å². The molecule has 1 N–H and O–H groups in total. The Morgan fingerprint density at radius 2 is 1.78 bits per heavy atom. The summed E-state index contributed by atoms with van der Waals surface area (Å²) >= 11 is 1.50. The fourth-order valence-corrected chi connectivity index (χ4v) is 6.50. The highest BCUT2D eigenvalue weighted by Crippen LogP contribution is 2.43. The molecule has 0 spiro atoms. The Bertz CT molecular complexity index is 878. The third-order valence-electron chi connectivity index (χ3n) is 6.92. The fourth-order valence-electron chi connectivity index (χ4n) is 5.02. The lowest BCUT2D eigenvalue weighted by atomic mass is 9.83. The number of halogens is 3. The molecule has 32 heavy (non-hydrogen) atoms. The average Bonchev–Trinajstić information content (AvgIpc) is 2.77. The molecule has 3 aliphatic rings. The van der Waals surface area contributed by atoms with Gasteiger partial charge in [0.2, 0.25) is 5.91 Å². The van der Waals surface area contributed by atoms with Crippen molar-refractivity contribution in [1.29, 1.82) is 0 Å². The van der Waals surface area contributed by atoms with Crippen LogP contribution in [0.25, 0.3) is 6.08 Å². The summed E-state index contributed by atoms with van der Waals surface area (Å²) in [4.78, 5) is 28.0. The van der Waals surface area contributed by atoms with Gasteiger partial charge in [-0.2, -0.15) is 13.2 Å². The minimum Gasteiger partial charge on any atom is -0.353 e. The fraction of sp³-hybridized carbons (Fsp3) is 0.583. The summed E-state index contributed by atoms with van der Waals surface area (Å²) in [6, 6.07) is 5.13. The van der Waals surface area contributed by atoms with Crippen molar-refractivity contribution in [3.05, 3.63) is 40.3 Å². The summed E-state index contributed by atoms with van der Waals surface area (Å²) in [5.74, 6) is -0.0914. The van der Waals surface area contributed by atoms with E-state index in [1.54, 1.807) is 18.0 Å². The maximum Gasteiger partial charge on any atom is 0.416 e. The zero-order chi connectivity index (χ0) is 22.9. The number of hydrogen-bond acceptors (Lipinski definition) is 3. The predicted molar refractivity (Wildman–Crippen MR) is 120 cm³/mol. The van der Waals surface area contributed by atoms with Gasteiger partial charge in [0.25, 0.3) is 5.91 Å². The van der Waals surface area contributed by atoms with E-state index >= 15 is 0 Å². The van der Waals surface area contributed by atoms with Crippen molar-refractivity contribution in [1.82, 2.24) is 10.2 Å². The van der Waals surface area contributed by atoms with Crippen LogP contribution in [0.5, 0.6) is 0 Å². The van der Waals surface area contributed by atoms with Crippen molar-refractivity contribution in [3.63, 3.8) is 0 Å². The molecule has 1 aromatic rings. The Morgan fingerprint density at radius 3 is 2.44 bits per heavy atom. The zero-order valence-electron chi connectivity index (χ0n) is 18.2. The third kappa shape index (κ3) is 5.16. The first-order chi connectivity index (χ1) is 15.2. The molecule has 1 heterocycles. The number of alkyl halides is 3. The number of amides is 2. The van der Waals surface area contributed by atoms with Crippen molar-refractivity contribution in [3.8, 4) is 0 Å². The minimum absolute atomic E-state index is 0.00638. The van der Waals surface area contributed by atoms with Gasteiger partial charge in [-0.15, -0.1) is 11.8 Å². The largest absolute Gasteiger partial charge is 0.416 e. The van der Waals surface area contributed by atoms with E-state index in [4.69, 9.17) is 0 Å². The number of benzene rings is 1. The third-order valence-corrected chi connectivity index (χ3v) is 8.32. The van der Waals surface area contributed by atoms with Crippen LogP contribution < -0.4 is 5.32 Å². The average molecular weight is 467 g/mol. The lowest BCUT2D eigenvalue weighted by Crippen LogP contribution is -2.53. The van der Waals surface area contributed by atoms with E-state index in [9.17, 15) is 22.8 Å². The van der Waals surface area contributed by atoms with Gasteiger partial charge in [0.05, 0.1) is 10.5 Å². The van der Waals surface area contributed by atoms with Crippen molar-refractivity contribution in [2.45, 2.75) is 74.9 Å². The lowest BCUT2D eigenvalue weighted by Gasteiger charge is -2.44. The van der Waals surface area contributed by atoms with Gasteiger partial charge in [-0.05, 0) is 55.9 Å². The van der Waals surface area contributed by atoms with Gasteiger partial charge in [-0.3, -0.25) is 9.59 Å². The first-order valence-corrected chi connectivity index (χ1v) is 12.2. The second-order valence-electron chi connectivity index (χ2n) is 9.12. The topological polar surface area (TPSA) is 49.4 Å². The van der Waals surface area contributed by atoms with E-state index in [0.717, 1.165) is 37.8 Å². The van der Waals surface area contributed by atoms with Gasteiger partial charge in [0, 0.05) is 30.3 Å². The molecule has 4 rings (SSSR count). The molecule has 0 bridgehead atoms. The van der Waals surface area contributed by atoms with Crippen LogP contribution in [0.1, 0.15) is 62.5 Å². The number of nitrogens with one attached hydrogen (secondary N) is 1. The SMILES string of the molecule is CN1C(=O)/C(=C/c2ccc(C(F)(F)F)cc2)SC2CCC(C(=O)NC3CCCCC3)CC21. The van der Waals surface area contributed by atoms with Crippen LogP contribution in [0, 0.1) is 5.92 Å². The van der Waals surface area contributed by atoms with E-state index < -0.39 is 11.7 Å². The Labute approximate surface area is 191 Å². The van der Waals surface area contributed by atoms with Gasteiger partial charge in [0.1, 0.15) is 0 Å². The summed E-state index contributed by atoms with van der Waals surface area (Å²) in [7, 11) is 1.77. The summed E-state index contributed by atoms with van der Waals surface area (Å²) in [6.45, 7) is 0. The molecule has 3 fully saturated rings. The van der Waals surface area contributed by atoms with Crippen LogP contribution in [-0.4, -0.2) is 41.1 Å². The second-order valence-corrected chi connectivity index (χ2v) is 10.4. The minimum atomic E-state index is -4.38. The van der Waals surface area contributed by atoms with Gasteiger partial charge in [-0.1, -0.05) is 31.4 Å². The number of likely N-dealkylation sites (N-methyl/N-ethyl adjacent to an activating group) is 1. The van der Waals surface area contributed by atoms with Gasteiger partial charge in [-0.25, -0.2) is 0 Å². The number of carbonyl (C=O) groups excluding carboxylic acids is 2. The Kier molecular flexibility index (Phi) is 6.89. The van der Waals surface area contributed by atoms with Gasteiger partial charge < -0.3 is 10.2 Å². The monoisotopic (exact) mass is 466 g/mol. The summed E-state index contributed by atoms with van der Waals surface area (Å²) in [5, 5.41) is 3.42. The molecular formula is C24H29F3N2O2S. The highest BCUT2D eigenvalue weighted by molar-refractivity contribution is 8.04. The normalized spacial score (nSPS) is 28.5. The van der Waals surface area contributed by atoms with Crippen LogP contribution in [-0.2, 0) is 15.8 Å². The summed E-state index contributed by atoms with van der Waals surface area (Å²) in [5.41, 5.74) is -0.134. The quantitative estimate of drug-likeness (QED) is 0.620. The first-order valence-electron chi connectivity index (χ1n) is 11.4. The Balaban J connectivity index is 1.40. The lowest BCUT2D eigenvalue weighted by molar-refractivity contribution is -0.137. The maximum absolute atomic E-state index is 13.0. The molecule has 2 aliphatic carbocycles. The molecule has 0 radical (unpaired) electrons. The molecule has 0 aromatic heterocycles. The molecule has 1 aromatic carbocycles. The molecule has 8 heteroatoms. The number of nitrogens with zero attached hydrogens (tertiary/aromatic N) is 1. The van der Waals surface area contributed by atoms with E-state index in [1.807, 2.05) is 0 Å². The van der Waals surface area contributed by atoms with Crippen LogP contribution in [0.2, 0.25) is 0 Å². The van der Waals surface area contributed by atoms with Crippen molar-refractivity contribution < 1.29 is 22.8 Å². The van der Waals surface area contributed by atoms with E-state index in [-0.39, 0.29) is 35.1 Å². The molecule has 1 aliphatic heterocycles. The van der Waals surface area contributed by atoms with Gasteiger partial charge in [0.15, 0.2) is 0 Å². The second kappa shape index (κ2) is 9.49. The number of hydrogen-bond donors (Lipinski definition) is 1. The number of fused-ring (bicyclic) bond motifs is 1. The molecular weight excluding hydrogens is 437 g/mol. The van der Waals surface area contributed by atoms with Crippen LogP contribution in [0.3, 0.4) is 0 Å². The van der Waals surface area contributed by atoms with Crippen molar-refractivity contribution in [2.24, 2.45) is 5.92 Å². The highest BCUT2D eigenvalue weighted by atomic mass is 32.2. The standard InChI is InChI=1S/C24H29F3N2O2S/c1-29-19-14-16(22(30)28-18-5-3-2-4-6-18)9-12-20(19)32-21(23(29)31)13-15-7-10-17(11-8-15)24(25,26)27/h7-8,10-11,13,16,18-20H,2-6,9,12,14H2,1H3,(H,28,30)/b21-13-. The van der Waals surface area contributed by atoms with Crippen LogP contribution in [0.15, 0.2) is 29.2 Å². The van der Waals surface area contributed by atoms with Crippen LogP contribution >= 0.6 is 11.8 Å². The van der Waals surface area contributed by atoms with E-state index in [2.05, 4.69) is 5.32 Å². The van der Waals surface area contributed by atoms with Gasteiger partial charge >= 0.3 is 6.18 Å². The summed E-state index contributed by atoms with van der Waals surface area (Å²) < 4.78 is 38.4. The molecule has 174 valence electrons. The maximum atomic E-state index is 13.0. The Morgan fingerprint density at radius 1 is 1.09 bits per heavy atom. The molecule has 3 unspecified atom stereocenters. The molecule has 4 nitrogen and oxygen atoms in total. The smallest absolute Gasteiger partial charge is 0.353 e. The number of carbonyl (C=O) groups is 2. The zero-order valence-corrected chi connectivity index (χ0v) is 19.0. The Hall–Kier alpha value is -1.96. The van der Waals surface area contributed by atoms with E-state index in [1.165, 1.54) is 43.2 Å². The first kappa shape index (κ1) is 23.2. The molecule has 1 saturated heterocycles. The summed E-state index contributed by atoms with van der Waals surface area (Å²) in [6.07, 6.45) is 5.26. The highest BCUT2D eigenvalue weighted by Gasteiger charge is 2.43. The predicted octanol–water partition coefficient (Wildman–Crippen LogP) is 5.24. The molecule has 2 amide bonds. The van der Waals surface area contributed by atoms with Crippen molar-refractivity contribution in [2.75, 3.05) is 7.05 Å². The molecule has 3 atom stereocenters.